The van der Waals surface area contributed by atoms with E-state index in [1.54, 1.807) is 0 Å². The van der Waals surface area contributed by atoms with Crippen molar-refractivity contribution in [2.24, 2.45) is 17.6 Å². The summed E-state index contributed by atoms with van der Waals surface area (Å²) in [6.45, 7) is 7.57. The molecule has 0 aliphatic heterocycles. The van der Waals surface area contributed by atoms with Crippen LogP contribution in [0.3, 0.4) is 0 Å². The first-order chi connectivity index (χ1) is 7.22. The first kappa shape index (κ1) is 15.2. The van der Waals surface area contributed by atoms with Gasteiger partial charge < -0.3 is 16.2 Å². The molecule has 0 spiro atoms. The number of aliphatic hydroxyl groups excluding tert-OH is 1. The van der Waals surface area contributed by atoms with Crippen molar-refractivity contribution >= 4 is 11.8 Å². The summed E-state index contributed by atoms with van der Waals surface area (Å²) >= 11 is 1.89. The van der Waals surface area contributed by atoms with E-state index in [1.165, 1.54) is 0 Å². The Morgan fingerprint density at radius 3 is 2.60 bits per heavy atom. The molecule has 0 rings (SSSR count). The highest BCUT2D eigenvalue weighted by Gasteiger charge is 2.09. The first-order valence-electron chi connectivity index (χ1n) is 5.81. The zero-order valence-corrected chi connectivity index (χ0v) is 10.9. The van der Waals surface area contributed by atoms with Gasteiger partial charge in [0.1, 0.15) is 0 Å². The summed E-state index contributed by atoms with van der Waals surface area (Å²) in [6.07, 6.45) is 0.905. The van der Waals surface area contributed by atoms with E-state index in [0.29, 0.717) is 18.4 Å². The van der Waals surface area contributed by atoms with E-state index >= 15 is 0 Å². The molecular formula is C11H26N2OS. The van der Waals surface area contributed by atoms with Gasteiger partial charge in [0.05, 0.1) is 0 Å². The number of nitrogens with one attached hydrogen (secondary N) is 1. The molecule has 0 bridgehead atoms. The van der Waals surface area contributed by atoms with Gasteiger partial charge in [0.25, 0.3) is 0 Å². The van der Waals surface area contributed by atoms with Crippen LogP contribution in [0.4, 0.5) is 0 Å². The molecule has 0 aromatic carbocycles. The predicted molar refractivity (Wildman–Crippen MR) is 69.3 cm³/mol. The second-order valence-corrected chi connectivity index (χ2v) is 5.36. The molecule has 0 amide bonds. The fraction of sp³-hybridized carbons (Fsp3) is 1.00. The van der Waals surface area contributed by atoms with Gasteiger partial charge in [0.2, 0.25) is 0 Å². The fourth-order valence-electron chi connectivity index (χ4n) is 1.29. The maximum absolute atomic E-state index is 8.59. The molecule has 0 heterocycles. The molecule has 3 nitrogen and oxygen atoms in total. The standard InChI is InChI=1S/C11H26N2OS/c1-10(2)11(8-12)9-13-4-7-15-6-3-5-14/h10-11,13-14H,3-9,12H2,1-2H3. The van der Waals surface area contributed by atoms with E-state index in [4.69, 9.17) is 10.8 Å². The van der Waals surface area contributed by atoms with Gasteiger partial charge in [0, 0.05) is 18.9 Å². The Bertz CT molecular complexity index is 134. The van der Waals surface area contributed by atoms with Gasteiger partial charge in [0.15, 0.2) is 0 Å². The van der Waals surface area contributed by atoms with Crippen LogP contribution >= 0.6 is 11.8 Å². The molecule has 0 saturated heterocycles. The SMILES string of the molecule is CC(C)C(CN)CNCCSCCCO. The topological polar surface area (TPSA) is 58.3 Å². The number of nitrogens with two attached hydrogens (primary N) is 1. The quantitative estimate of drug-likeness (QED) is 0.492. The van der Waals surface area contributed by atoms with Crippen molar-refractivity contribution in [3.63, 3.8) is 0 Å². The van der Waals surface area contributed by atoms with Crippen LogP contribution in [-0.2, 0) is 0 Å². The largest absolute Gasteiger partial charge is 0.396 e. The fourth-order valence-corrected chi connectivity index (χ4v) is 2.12. The lowest BCUT2D eigenvalue weighted by molar-refractivity contribution is 0.296. The maximum atomic E-state index is 8.59. The molecule has 4 heteroatoms. The zero-order chi connectivity index (χ0) is 11.5. The first-order valence-corrected chi connectivity index (χ1v) is 6.97. The predicted octanol–water partition coefficient (Wildman–Crippen LogP) is 0.922. The minimum Gasteiger partial charge on any atom is -0.396 e. The summed E-state index contributed by atoms with van der Waals surface area (Å²) in [5, 5.41) is 12.0. The van der Waals surface area contributed by atoms with Gasteiger partial charge >= 0.3 is 0 Å². The second-order valence-electron chi connectivity index (χ2n) is 4.13. The lowest BCUT2D eigenvalue weighted by Gasteiger charge is -2.19. The molecule has 1 atom stereocenters. The van der Waals surface area contributed by atoms with Crippen molar-refractivity contribution in [2.75, 3.05) is 37.7 Å². The number of hydrogen-bond acceptors (Lipinski definition) is 4. The third-order valence-corrected chi connectivity index (χ3v) is 3.59. The Hall–Kier alpha value is 0.230. The molecule has 0 aliphatic carbocycles. The highest BCUT2D eigenvalue weighted by atomic mass is 32.2. The summed E-state index contributed by atoms with van der Waals surface area (Å²) in [4.78, 5) is 0. The molecule has 4 N–H and O–H groups in total. The van der Waals surface area contributed by atoms with E-state index in [9.17, 15) is 0 Å². The van der Waals surface area contributed by atoms with Gasteiger partial charge in [-0.05, 0) is 37.1 Å². The van der Waals surface area contributed by atoms with Crippen LogP contribution in [0.15, 0.2) is 0 Å². The van der Waals surface area contributed by atoms with Crippen molar-refractivity contribution < 1.29 is 5.11 Å². The summed E-state index contributed by atoms with van der Waals surface area (Å²) in [5.74, 6) is 3.43. The van der Waals surface area contributed by atoms with Gasteiger partial charge in [-0.2, -0.15) is 11.8 Å². The molecular weight excluding hydrogens is 208 g/mol. The summed E-state index contributed by atoms with van der Waals surface area (Å²) in [5.41, 5.74) is 5.68. The van der Waals surface area contributed by atoms with Crippen LogP contribution < -0.4 is 11.1 Å². The number of thioether (sulfide) groups is 1. The maximum Gasteiger partial charge on any atom is 0.0438 e. The Labute approximate surface area is 98.2 Å². The van der Waals surface area contributed by atoms with Gasteiger partial charge in [-0.25, -0.2) is 0 Å². The highest BCUT2D eigenvalue weighted by molar-refractivity contribution is 7.99. The van der Waals surface area contributed by atoms with Crippen molar-refractivity contribution in [3.05, 3.63) is 0 Å². The molecule has 0 radical (unpaired) electrons. The second kappa shape index (κ2) is 10.7. The average molecular weight is 234 g/mol. The summed E-state index contributed by atoms with van der Waals surface area (Å²) in [7, 11) is 0. The monoisotopic (exact) mass is 234 g/mol. The number of aliphatic hydroxyl groups is 1. The molecule has 0 aliphatic rings. The zero-order valence-electron chi connectivity index (χ0n) is 10.0. The van der Waals surface area contributed by atoms with Crippen LogP contribution in [0.1, 0.15) is 20.3 Å². The minimum atomic E-state index is 0.309. The van der Waals surface area contributed by atoms with Crippen molar-refractivity contribution in [1.82, 2.24) is 5.32 Å². The number of hydrogen-bond donors (Lipinski definition) is 3. The van der Waals surface area contributed by atoms with Crippen molar-refractivity contribution in [1.29, 1.82) is 0 Å². The number of rotatable bonds is 10. The smallest absolute Gasteiger partial charge is 0.0438 e. The van der Waals surface area contributed by atoms with Gasteiger partial charge in [-0.3, -0.25) is 0 Å². The normalized spacial score (nSPS) is 13.4. The van der Waals surface area contributed by atoms with Crippen LogP contribution in [0, 0.1) is 11.8 Å². The third-order valence-electron chi connectivity index (χ3n) is 2.52. The molecule has 92 valence electrons. The van der Waals surface area contributed by atoms with Crippen molar-refractivity contribution in [3.8, 4) is 0 Å². The Morgan fingerprint density at radius 1 is 1.33 bits per heavy atom. The molecule has 1 unspecified atom stereocenters. The van der Waals surface area contributed by atoms with E-state index < -0.39 is 0 Å². The van der Waals surface area contributed by atoms with Crippen LogP contribution in [0.2, 0.25) is 0 Å². The summed E-state index contributed by atoms with van der Waals surface area (Å²) in [6, 6.07) is 0. The van der Waals surface area contributed by atoms with Crippen LogP contribution in [0.5, 0.6) is 0 Å². The van der Waals surface area contributed by atoms with Crippen molar-refractivity contribution in [2.45, 2.75) is 20.3 Å². The van der Waals surface area contributed by atoms with Gasteiger partial charge in [-0.15, -0.1) is 0 Å². The Balaban J connectivity index is 3.22. The molecule has 0 fully saturated rings. The molecule has 0 saturated carbocycles. The summed E-state index contributed by atoms with van der Waals surface area (Å²) < 4.78 is 0. The van der Waals surface area contributed by atoms with E-state index in [0.717, 1.165) is 37.6 Å². The Kier molecular flexibility index (Phi) is 10.9. The average Bonchev–Trinajstić information content (AvgIpc) is 2.21. The van der Waals surface area contributed by atoms with Crippen LogP contribution in [0.25, 0.3) is 0 Å². The van der Waals surface area contributed by atoms with Gasteiger partial charge in [-0.1, -0.05) is 13.8 Å². The lowest BCUT2D eigenvalue weighted by atomic mass is 9.96. The van der Waals surface area contributed by atoms with E-state index in [-0.39, 0.29) is 0 Å². The Morgan fingerprint density at radius 2 is 2.07 bits per heavy atom. The molecule has 0 aromatic heterocycles. The lowest BCUT2D eigenvalue weighted by Crippen LogP contribution is -2.32. The van der Waals surface area contributed by atoms with E-state index in [2.05, 4.69) is 19.2 Å². The minimum absolute atomic E-state index is 0.309. The highest BCUT2D eigenvalue weighted by Crippen LogP contribution is 2.07. The molecule has 15 heavy (non-hydrogen) atoms. The molecule has 0 aromatic rings. The third kappa shape index (κ3) is 9.18. The van der Waals surface area contributed by atoms with E-state index in [1.807, 2.05) is 11.8 Å². The van der Waals surface area contributed by atoms with Crippen LogP contribution in [-0.4, -0.2) is 42.9 Å².